The van der Waals surface area contributed by atoms with E-state index in [4.69, 9.17) is 14.4 Å². The van der Waals surface area contributed by atoms with Gasteiger partial charge in [0, 0.05) is 15.4 Å². The van der Waals surface area contributed by atoms with Gasteiger partial charge < -0.3 is 14.4 Å². The Hall–Kier alpha value is 0.0500. The van der Waals surface area contributed by atoms with Crippen LogP contribution in [0.2, 0.25) is 0 Å². The molecule has 3 unspecified atom stereocenters. The number of ether oxygens (including phenoxy) is 1. The van der Waals surface area contributed by atoms with Crippen molar-refractivity contribution in [3.8, 4) is 0 Å². The zero-order chi connectivity index (χ0) is 10.0. The first-order chi connectivity index (χ1) is 6.11. The summed E-state index contributed by atoms with van der Waals surface area (Å²) in [6.07, 6.45) is -0.172. The number of rotatable bonds is 3. The molecule has 0 aromatic rings. The van der Waals surface area contributed by atoms with Gasteiger partial charge in [-0.15, -0.1) is 0 Å². The summed E-state index contributed by atoms with van der Waals surface area (Å²) < 4.78 is 10.8. The van der Waals surface area contributed by atoms with Gasteiger partial charge in [-0.2, -0.15) is 0 Å². The van der Waals surface area contributed by atoms with Crippen LogP contribution in [0, 0.1) is 5.92 Å². The second-order valence-corrected chi connectivity index (χ2v) is 3.81. The summed E-state index contributed by atoms with van der Waals surface area (Å²) in [6, 6.07) is 0. The summed E-state index contributed by atoms with van der Waals surface area (Å²) in [5, 5.41) is 9.09. The quantitative estimate of drug-likeness (QED) is 0.553. The standard InChI is InChI=1S/C9H17O3P/c1-5(2)8-7(4-10)11-6(3)9(8)12-13/h6-10H,1,4,13H2,2-3H3/t6-,7+,8?,9?/m0/s1. The van der Waals surface area contributed by atoms with Gasteiger partial charge in [-0.25, -0.2) is 0 Å². The first kappa shape index (κ1) is 11.1. The van der Waals surface area contributed by atoms with E-state index in [0.717, 1.165) is 5.57 Å². The molecule has 0 spiro atoms. The average Bonchev–Trinajstić information content (AvgIpc) is 2.41. The fourth-order valence-corrected chi connectivity index (χ4v) is 2.28. The normalized spacial score (nSPS) is 39.4. The minimum absolute atomic E-state index is 0.0105. The highest BCUT2D eigenvalue weighted by atomic mass is 31.0. The molecule has 0 bridgehead atoms. The third-order valence-electron chi connectivity index (χ3n) is 2.51. The molecule has 13 heavy (non-hydrogen) atoms. The van der Waals surface area contributed by atoms with E-state index in [1.807, 2.05) is 13.8 Å². The molecule has 3 nitrogen and oxygen atoms in total. The minimum atomic E-state index is -0.168. The molecule has 1 N–H and O–H groups in total. The maximum Gasteiger partial charge on any atom is 0.0960 e. The van der Waals surface area contributed by atoms with Crippen LogP contribution in [0.3, 0.4) is 0 Å². The first-order valence-electron chi connectivity index (χ1n) is 4.39. The van der Waals surface area contributed by atoms with Crippen molar-refractivity contribution in [3.05, 3.63) is 12.2 Å². The lowest BCUT2D eigenvalue weighted by molar-refractivity contribution is 0.00305. The van der Waals surface area contributed by atoms with Crippen LogP contribution in [-0.4, -0.2) is 30.0 Å². The summed E-state index contributed by atoms with van der Waals surface area (Å²) >= 11 is 0. The van der Waals surface area contributed by atoms with E-state index in [9.17, 15) is 0 Å². The van der Waals surface area contributed by atoms with Crippen LogP contribution in [0.4, 0.5) is 0 Å². The van der Waals surface area contributed by atoms with Crippen molar-refractivity contribution in [2.45, 2.75) is 32.2 Å². The molecule has 0 saturated carbocycles. The van der Waals surface area contributed by atoms with E-state index in [0.29, 0.717) is 0 Å². The Morgan fingerprint density at radius 1 is 1.69 bits per heavy atom. The summed E-state index contributed by atoms with van der Waals surface area (Å²) in [5.74, 6) is 0.0949. The fraction of sp³-hybridized carbons (Fsp3) is 0.778. The predicted molar refractivity (Wildman–Crippen MR) is 54.3 cm³/mol. The van der Waals surface area contributed by atoms with Gasteiger partial charge in [0.2, 0.25) is 0 Å². The van der Waals surface area contributed by atoms with Gasteiger partial charge in [0.15, 0.2) is 0 Å². The summed E-state index contributed by atoms with van der Waals surface area (Å²) in [6.45, 7) is 7.79. The van der Waals surface area contributed by atoms with Gasteiger partial charge in [0.1, 0.15) is 0 Å². The Balaban J connectivity index is 2.77. The summed E-state index contributed by atoms with van der Waals surface area (Å²) in [7, 11) is 2.25. The molecule has 1 aliphatic heterocycles. The third kappa shape index (κ3) is 2.10. The Bertz CT molecular complexity index is 195. The van der Waals surface area contributed by atoms with Gasteiger partial charge in [-0.1, -0.05) is 12.2 Å². The number of hydrogen-bond donors (Lipinski definition) is 1. The molecule has 76 valence electrons. The molecule has 0 amide bonds. The molecule has 1 rings (SSSR count). The lowest BCUT2D eigenvalue weighted by atomic mass is 9.91. The van der Waals surface area contributed by atoms with Crippen molar-refractivity contribution in [2.75, 3.05) is 6.61 Å². The van der Waals surface area contributed by atoms with E-state index in [1.54, 1.807) is 0 Å². The molecule has 0 aromatic heterocycles. The predicted octanol–water partition coefficient (Wildman–Crippen LogP) is 1.13. The monoisotopic (exact) mass is 204 g/mol. The van der Waals surface area contributed by atoms with E-state index < -0.39 is 0 Å². The topological polar surface area (TPSA) is 38.7 Å². The summed E-state index contributed by atoms with van der Waals surface area (Å²) in [5.41, 5.74) is 0.996. The lowest BCUT2D eigenvalue weighted by Gasteiger charge is -2.21. The van der Waals surface area contributed by atoms with Crippen molar-refractivity contribution in [3.63, 3.8) is 0 Å². The van der Waals surface area contributed by atoms with Gasteiger partial charge in [0.05, 0.1) is 24.9 Å². The molecule has 4 heteroatoms. The second-order valence-electron chi connectivity index (χ2n) is 3.54. The van der Waals surface area contributed by atoms with Crippen molar-refractivity contribution < 1.29 is 14.4 Å². The fourth-order valence-electron chi connectivity index (χ4n) is 1.89. The Morgan fingerprint density at radius 3 is 2.69 bits per heavy atom. The molecule has 0 aliphatic carbocycles. The van der Waals surface area contributed by atoms with E-state index in [1.165, 1.54) is 0 Å². The summed E-state index contributed by atoms with van der Waals surface area (Å²) in [4.78, 5) is 0. The first-order valence-corrected chi connectivity index (χ1v) is 4.86. The zero-order valence-electron chi connectivity index (χ0n) is 8.06. The highest BCUT2D eigenvalue weighted by molar-refractivity contribution is 7.09. The Labute approximate surface area is 81.4 Å². The van der Waals surface area contributed by atoms with Gasteiger partial charge in [-0.05, 0) is 13.8 Å². The SMILES string of the molecule is C=C(C)C1C(OP)[C@H](C)O[C@@H]1CO. The maximum absolute atomic E-state index is 9.09. The average molecular weight is 204 g/mol. The van der Waals surface area contributed by atoms with Crippen LogP contribution in [0.25, 0.3) is 0 Å². The zero-order valence-corrected chi connectivity index (χ0v) is 9.22. The number of aliphatic hydroxyl groups excluding tert-OH is 1. The molecule has 0 radical (unpaired) electrons. The second kappa shape index (κ2) is 4.52. The van der Waals surface area contributed by atoms with E-state index >= 15 is 0 Å². The molecule has 1 heterocycles. The molecule has 1 fully saturated rings. The van der Waals surface area contributed by atoms with E-state index in [-0.39, 0.29) is 30.8 Å². The van der Waals surface area contributed by atoms with Gasteiger partial charge in [-0.3, -0.25) is 0 Å². The Kier molecular flexibility index (Phi) is 3.87. The van der Waals surface area contributed by atoms with Crippen LogP contribution >= 0.6 is 9.47 Å². The molecule has 1 aliphatic rings. The molecule has 0 aromatic carbocycles. The lowest BCUT2D eigenvalue weighted by Crippen LogP contribution is -2.29. The third-order valence-corrected chi connectivity index (χ3v) is 2.83. The molecule has 5 atom stereocenters. The van der Waals surface area contributed by atoms with Crippen molar-refractivity contribution in [1.82, 2.24) is 0 Å². The minimum Gasteiger partial charge on any atom is -0.394 e. The Morgan fingerprint density at radius 2 is 2.31 bits per heavy atom. The molecular weight excluding hydrogens is 187 g/mol. The maximum atomic E-state index is 9.09. The van der Waals surface area contributed by atoms with Gasteiger partial charge >= 0.3 is 0 Å². The highest BCUT2D eigenvalue weighted by Gasteiger charge is 2.42. The van der Waals surface area contributed by atoms with Crippen LogP contribution in [0.15, 0.2) is 12.2 Å². The van der Waals surface area contributed by atoms with Crippen molar-refractivity contribution in [1.29, 1.82) is 0 Å². The highest BCUT2D eigenvalue weighted by Crippen LogP contribution is 2.34. The van der Waals surface area contributed by atoms with Crippen molar-refractivity contribution in [2.24, 2.45) is 5.92 Å². The van der Waals surface area contributed by atoms with Crippen LogP contribution in [0.5, 0.6) is 0 Å². The number of aliphatic hydroxyl groups is 1. The van der Waals surface area contributed by atoms with Gasteiger partial charge in [0.25, 0.3) is 0 Å². The number of hydrogen-bond acceptors (Lipinski definition) is 3. The molecular formula is C9H17O3P. The van der Waals surface area contributed by atoms with Crippen molar-refractivity contribution >= 4 is 9.47 Å². The molecule has 1 saturated heterocycles. The van der Waals surface area contributed by atoms with Crippen LogP contribution < -0.4 is 0 Å². The largest absolute Gasteiger partial charge is 0.394 e. The smallest absolute Gasteiger partial charge is 0.0960 e. The van der Waals surface area contributed by atoms with E-state index in [2.05, 4.69) is 16.0 Å². The van der Waals surface area contributed by atoms with Crippen LogP contribution in [-0.2, 0) is 9.26 Å². The van der Waals surface area contributed by atoms with Crippen LogP contribution in [0.1, 0.15) is 13.8 Å².